The molecule has 0 aliphatic heterocycles. The molecule has 120 valence electrons. The summed E-state index contributed by atoms with van der Waals surface area (Å²) in [4.78, 5) is 24.3. The van der Waals surface area contributed by atoms with Gasteiger partial charge in [-0.1, -0.05) is 29.3 Å². The number of carbonyl (C=O) groups excluding carboxylic acids is 1. The summed E-state index contributed by atoms with van der Waals surface area (Å²) in [6.45, 7) is 1.94. The fourth-order valence-electron chi connectivity index (χ4n) is 2.14. The minimum absolute atomic E-state index is 0.217. The van der Waals surface area contributed by atoms with E-state index in [0.29, 0.717) is 21.6 Å². The highest BCUT2D eigenvalue weighted by atomic mass is 35.5. The first-order chi connectivity index (χ1) is 11.5. The maximum atomic E-state index is 12.3. The van der Waals surface area contributed by atoms with Crippen LogP contribution in [0.1, 0.15) is 21.5 Å². The van der Waals surface area contributed by atoms with Crippen molar-refractivity contribution >= 4 is 34.7 Å². The van der Waals surface area contributed by atoms with E-state index in [1.807, 2.05) is 19.1 Å². The molecule has 1 amide bonds. The van der Waals surface area contributed by atoms with E-state index in [0.717, 1.165) is 5.56 Å². The van der Waals surface area contributed by atoms with Gasteiger partial charge in [-0.25, -0.2) is 5.43 Å². The van der Waals surface area contributed by atoms with Gasteiger partial charge < -0.3 is 4.42 Å². The van der Waals surface area contributed by atoms with E-state index in [2.05, 4.69) is 10.5 Å². The molecule has 0 unspecified atom stereocenters. The number of amides is 1. The van der Waals surface area contributed by atoms with Crippen LogP contribution in [0.25, 0.3) is 11.0 Å². The van der Waals surface area contributed by atoms with Crippen molar-refractivity contribution < 1.29 is 9.21 Å². The topological polar surface area (TPSA) is 71.7 Å². The lowest BCUT2D eigenvalue weighted by atomic mass is 10.1. The van der Waals surface area contributed by atoms with Gasteiger partial charge in [-0.3, -0.25) is 9.59 Å². The van der Waals surface area contributed by atoms with Crippen LogP contribution in [0.3, 0.4) is 0 Å². The highest BCUT2D eigenvalue weighted by Crippen LogP contribution is 2.16. The highest BCUT2D eigenvalue weighted by molar-refractivity contribution is 6.31. The summed E-state index contributed by atoms with van der Waals surface area (Å²) in [6, 6.07) is 11.9. The third-order valence-corrected chi connectivity index (χ3v) is 3.68. The Kier molecular flexibility index (Phi) is 4.44. The summed E-state index contributed by atoms with van der Waals surface area (Å²) < 4.78 is 5.37. The van der Waals surface area contributed by atoms with Crippen LogP contribution < -0.4 is 10.9 Å². The van der Waals surface area contributed by atoms with E-state index in [9.17, 15) is 9.59 Å². The monoisotopic (exact) mass is 340 g/mol. The van der Waals surface area contributed by atoms with Gasteiger partial charge in [-0.15, -0.1) is 0 Å². The molecule has 0 saturated carbocycles. The molecule has 3 rings (SSSR count). The quantitative estimate of drug-likeness (QED) is 0.585. The van der Waals surface area contributed by atoms with Gasteiger partial charge >= 0.3 is 0 Å². The van der Waals surface area contributed by atoms with Gasteiger partial charge in [0.1, 0.15) is 11.8 Å². The Morgan fingerprint density at radius 1 is 1.21 bits per heavy atom. The molecule has 0 atom stereocenters. The van der Waals surface area contributed by atoms with Crippen molar-refractivity contribution in [1.29, 1.82) is 0 Å². The first kappa shape index (κ1) is 16.0. The largest absolute Gasteiger partial charge is 0.463 e. The fourth-order valence-corrected chi connectivity index (χ4v) is 2.31. The van der Waals surface area contributed by atoms with Crippen LogP contribution in [0.4, 0.5) is 0 Å². The second kappa shape index (κ2) is 6.68. The van der Waals surface area contributed by atoms with Gasteiger partial charge in [0.25, 0.3) is 5.91 Å². The van der Waals surface area contributed by atoms with Crippen molar-refractivity contribution in [3.05, 3.63) is 80.7 Å². The molecular weight excluding hydrogens is 328 g/mol. The molecule has 1 aromatic heterocycles. The summed E-state index contributed by atoms with van der Waals surface area (Å²) in [5.41, 5.74) is 4.30. The number of benzene rings is 2. The molecular formula is C18H13ClN2O3. The predicted molar refractivity (Wildman–Crippen MR) is 93.7 cm³/mol. The van der Waals surface area contributed by atoms with Crippen molar-refractivity contribution in [2.24, 2.45) is 5.10 Å². The summed E-state index contributed by atoms with van der Waals surface area (Å²) >= 11 is 5.90. The van der Waals surface area contributed by atoms with E-state index in [4.69, 9.17) is 16.0 Å². The third kappa shape index (κ3) is 3.36. The number of aryl methyl sites for hydroxylation is 1. The van der Waals surface area contributed by atoms with E-state index < -0.39 is 0 Å². The molecule has 0 fully saturated rings. The first-order valence-corrected chi connectivity index (χ1v) is 7.53. The van der Waals surface area contributed by atoms with Crippen molar-refractivity contribution in [3.8, 4) is 0 Å². The minimum atomic E-state index is -0.362. The number of hydrazone groups is 1. The number of nitrogens with zero attached hydrogens (tertiary/aromatic N) is 1. The zero-order valence-corrected chi connectivity index (χ0v) is 13.5. The summed E-state index contributed by atoms with van der Waals surface area (Å²) in [7, 11) is 0. The predicted octanol–water partition coefficient (Wildman–Crippen LogP) is 3.52. The van der Waals surface area contributed by atoms with Crippen LogP contribution in [-0.4, -0.2) is 12.1 Å². The van der Waals surface area contributed by atoms with Crippen LogP contribution in [0.5, 0.6) is 0 Å². The molecule has 0 aliphatic rings. The lowest BCUT2D eigenvalue weighted by Gasteiger charge is -2.01. The highest BCUT2D eigenvalue weighted by Gasteiger charge is 2.07. The maximum absolute atomic E-state index is 12.3. The Bertz CT molecular complexity index is 991. The molecule has 5 nitrogen and oxygen atoms in total. The molecule has 3 aromatic rings. The second-order valence-corrected chi connectivity index (χ2v) is 5.66. The van der Waals surface area contributed by atoms with Gasteiger partial charge in [-0.2, -0.15) is 5.10 Å². The molecule has 6 heteroatoms. The smallest absolute Gasteiger partial charge is 0.271 e. The number of carbonyl (C=O) groups is 1. The SMILES string of the molecule is Cc1ccc(C(=O)N/N=C/c2coc3ccc(Cl)cc3c2=O)cc1. The number of fused-ring (bicyclic) bond motifs is 1. The summed E-state index contributed by atoms with van der Waals surface area (Å²) in [5, 5.41) is 4.61. The van der Waals surface area contributed by atoms with Crippen LogP contribution in [0, 0.1) is 6.92 Å². The normalized spacial score (nSPS) is 11.1. The molecule has 0 aliphatic carbocycles. The van der Waals surface area contributed by atoms with Crippen molar-refractivity contribution in [1.82, 2.24) is 5.43 Å². The van der Waals surface area contributed by atoms with E-state index in [1.165, 1.54) is 18.5 Å². The molecule has 1 heterocycles. The van der Waals surface area contributed by atoms with Gasteiger partial charge in [0.15, 0.2) is 0 Å². The molecule has 0 radical (unpaired) electrons. The number of nitrogens with one attached hydrogen (secondary N) is 1. The zero-order chi connectivity index (χ0) is 17.1. The Balaban J connectivity index is 1.80. The maximum Gasteiger partial charge on any atom is 0.271 e. The standard InChI is InChI=1S/C18H13ClN2O3/c1-11-2-4-12(5-3-11)18(23)21-20-9-13-10-24-16-7-6-14(19)8-15(16)17(13)22/h2-10H,1H3,(H,21,23)/b20-9+. The molecule has 0 bridgehead atoms. The molecule has 0 spiro atoms. The Morgan fingerprint density at radius 3 is 2.71 bits per heavy atom. The minimum Gasteiger partial charge on any atom is -0.463 e. The molecule has 24 heavy (non-hydrogen) atoms. The second-order valence-electron chi connectivity index (χ2n) is 5.23. The lowest BCUT2D eigenvalue weighted by molar-refractivity contribution is 0.0955. The van der Waals surface area contributed by atoms with E-state index in [-0.39, 0.29) is 16.9 Å². The van der Waals surface area contributed by atoms with Gasteiger partial charge in [0.05, 0.1) is 17.2 Å². The number of hydrogen-bond acceptors (Lipinski definition) is 4. The third-order valence-electron chi connectivity index (χ3n) is 3.44. The van der Waals surface area contributed by atoms with Crippen LogP contribution in [-0.2, 0) is 0 Å². The van der Waals surface area contributed by atoms with Crippen LogP contribution in [0.15, 0.2) is 63.0 Å². The Hall–Kier alpha value is -2.92. The zero-order valence-electron chi connectivity index (χ0n) is 12.7. The van der Waals surface area contributed by atoms with Crippen LogP contribution in [0.2, 0.25) is 5.02 Å². The average molecular weight is 341 g/mol. The van der Waals surface area contributed by atoms with Gasteiger partial charge in [0, 0.05) is 10.6 Å². The number of hydrogen-bond donors (Lipinski definition) is 1. The van der Waals surface area contributed by atoms with E-state index >= 15 is 0 Å². The fraction of sp³-hybridized carbons (Fsp3) is 0.0556. The van der Waals surface area contributed by atoms with Gasteiger partial charge in [-0.05, 0) is 37.3 Å². The summed E-state index contributed by atoms with van der Waals surface area (Å²) in [5.74, 6) is -0.362. The Labute approximate surface area is 142 Å². The van der Waals surface area contributed by atoms with Crippen LogP contribution >= 0.6 is 11.6 Å². The average Bonchev–Trinajstić information content (AvgIpc) is 2.58. The molecule has 0 saturated heterocycles. The Morgan fingerprint density at radius 2 is 1.96 bits per heavy atom. The van der Waals surface area contributed by atoms with Crippen molar-refractivity contribution in [2.75, 3.05) is 0 Å². The number of rotatable bonds is 3. The lowest BCUT2D eigenvalue weighted by Crippen LogP contribution is -2.18. The number of halogens is 1. The van der Waals surface area contributed by atoms with Crippen molar-refractivity contribution in [2.45, 2.75) is 6.92 Å². The summed E-state index contributed by atoms with van der Waals surface area (Å²) in [6.07, 6.45) is 2.54. The van der Waals surface area contributed by atoms with Gasteiger partial charge in [0.2, 0.25) is 5.43 Å². The first-order valence-electron chi connectivity index (χ1n) is 7.16. The van der Waals surface area contributed by atoms with E-state index in [1.54, 1.807) is 24.3 Å². The molecule has 2 aromatic carbocycles. The molecule has 1 N–H and O–H groups in total. The van der Waals surface area contributed by atoms with Crippen molar-refractivity contribution in [3.63, 3.8) is 0 Å².